The van der Waals surface area contributed by atoms with Crippen molar-refractivity contribution in [2.24, 2.45) is 5.73 Å². The van der Waals surface area contributed by atoms with Crippen molar-refractivity contribution in [1.29, 1.82) is 0 Å². The summed E-state index contributed by atoms with van der Waals surface area (Å²) in [6, 6.07) is 7.85. The second kappa shape index (κ2) is 10.1. The van der Waals surface area contributed by atoms with Crippen molar-refractivity contribution in [3.8, 4) is 11.3 Å². The molecule has 6 nitrogen and oxygen atoms in total. The van der Waals surface area contributed by atoms with Crippen molar-refractivity contribution in [2.75, 3.05) is 11.9 Å². The molecule has 2 amide bonds. The van der Waals surface area contributed by atoms with Crippen molar-refractivity contribution in [1.82, 2.24) is 10.3 Å². The molecule has 0 fully saturated rings. The van der Waals surface area contributed by atoms with Crippen LogP contribution in [0.1, 0.15) is 25.8 Å². The lowest BCUT2D eigenvalue weighted by Gasteiger charge is -2.04. The standard InChI is InChI=1S/C17H22N4O2S.ClH/c1-11(18)9-16(23)21-17-20-15(10-24-17)14-5-3-13(4-6-14)7-8-19-12(2)22;/h3-6,10-11H,7-9,18H2,1-2H3,(H,19,22)(H,20,21,23);1H. The van der Waals surface area contributed by atoms with E-state index in [1.807, 2.05) is 29.6 Å². The Labute approximate surface area is 157 Å². The average molecular weight is 383 g/mol. The molecule has 25 heavy (non-hydrogen) atoms. The van der Waals surface area contributed by atoms with Crippen molar-refractivity contribution in [3.63, 3.8) is 0 Å². The molecule has 1 unspecified atom stereocenters. The van der Waals surface area contributed by atoms with Gasteiger partial charge in [-0.25, -0.2) is 4.98 Å². The Morgan fingerprint density at radius 1 is 1.28 bits per heavy atom. The first-order valence-electron chi connectivity index (χ1n) is 7.78. The maximum Gasteiger partial charge on any atom is 0.227 e. The summed E-state index contributed by atoms with van der Waals surface area (Å²) in [5, 5.41) is 8.02. The van der Waals surface area contributed by atoms with Crippen LogP contribution in [-0.2, 0) is 16.0 Å². The highest BCUT2D eigenvalue weighted by Gasteiger charge is 2.09. The molecule has 0 aliphatic carbocycles. The summed E-state index contributed by atoms with van der Waals surface area (Å²) in [5.74, 6) is -0.146. The molecule has 1 aromatic heterocycles. The third-order valence-electron chi connectivity index (χ3n) is 3.30. The normalized spacial score (nSPS) is 11.3. The molecule has 1 atom stereocenters. The van der Waals surface area contributed by atoms with Crippen LogP contribution in [0.3, 0.4) is 0 Å². The fraction of sp³-hybridized carbons (Fsp3) is 0.353. The zero-order chi connectivity index (χ0) is 17.5. The van der Waals surface area contributed by atoms with Gasteiger partial charge in [-0.2, -0.15) is 0 Å². The van der Waals surface area contributed by atoms with Gasteiger partial charge in [-0.1, -0.05) is 24.3 Å². The maximum absolute atomic E-state index is 11.7. The summed E-state index contributed by atoms with van der Waals surface area (Å²) in [4.78, 5) is 27.0. The van der Waals surface area contributed by atoms with Crippen LogP contribution in [0.25, 0.3) is 11.3 Å². The molecule has 0 saturated heterocycles. The third-order valence-corrected chi connectivity index (χ3v) is 4.05. The van der Waals surface area contributed by atoms with Gasteiger partial charge in [-0.3, -0.25) is 9.59 Å². The fourth-order valence-corrected chi connectivity index (χ4v) is 2.89. The number of nitrogens with one attached hydrogen (secondary N) is 2. The van der Waals surface area contributed by atoms with E-state index < -0.39 is 0 Å². The number of nitrogens with two attached hydrogens (primary N) is 1. The monoisotopic (exact) mass is 382 g/mol. The lowest BCUT2D eigenvalue weighted by Crippen LogP contribution is -2.23. The second-order valence-corrected chi connectivity index (χ2v) is 6.56. The molecule has 0 radical (unpaired) electrons. The number of carbonyl (C=O) groups is 2. The topological polar surface area (TPSA) is 97.1 Å². The van der Waals surface area contributed by atoms with Crippen LogP contribution in [-0.4, -0.2) is 29.4 Å². The quantitative estimate of drug-likeness (QED) is 0.685. The highest BCUT2D eigenvalue weighted by Crippen LogP contribution is 2.25. The Hall–Kier alpha value is -1.96. The number of hydrogen-bond acceptors (Lipinski definition) is 5. The largest absolute Gasteiger partial charge is 0.356 e. The van der Waals surface area contributed by atoms with Gasteiger partial charge in [0.25, 0.3) is 0 Å². The molecule has 2 aromatic rings. The van der Waals surface area contributed by atoms with E-state index in [1.165, 1.54) is 18.3 Å². The number of hydrogen-bond donors (Lipinski definition) is 3. The van der Waals surface area contributed by atoms with Crippen LogP contribution in [0.15, 0.2) is 29.6 Å². The lowest BCUT2D eigenvalue weighted by atomic mass is 10.1. The van der Waals surface area contributed by atoms with E-state index in [0.717, 1.165) is 23.2 Å². The molecule has 0 bridgehead atoms. The molecule has 1 heterocycles. The molecule has 8 heteroatoms. The van der Waals surface area contributed by atoms with Gasteiger partial charge in [-0.05, 0) is 18.9 Å². The predicted molar refractivity (Wildman–Crippen MR) is 104 cm³/mol. The predicted octanol–water partition coefficient (Wildman–Crippen LogP) is 2.59. The summed E-state index contributed by atoms with van der Waals surface area (Å²) >= 11 is 1.39. The van der Waals surface area contributed by atoms with Gasteiger partial charge >= 0.3 is 0 Å². The highest BCUT2D eigenvalue weighted by molar-refractivity contribution is 7.14. The van der Waals surface area contributed by atoms with Gasteiger partial charge in [0.05, 0.1) is 5.69 Å². The van der Waals surface area contributed by atoms with E-state index in [1.54, 1.807) is 6.92 Å². The van der Waals surface area contributed by atoms with E-state index in [2.05, 4.69) is 15.6 Å². The van der Waals surface area contributed by atoms with Crippen LogP contribution < -0.4 is 16.4 Å². The number of carbonyl (C=O) groups excluding carboxylic acids is 2. The number of anilines is 1. The molecule has 4 N–H and O–H groups in total. The molecule has 0 aliphatic rings. The Balaban J connectivity index is 0.00000312. The van der Waals surface area contributed by atoms with Gasteiger partial charge in [0, 0.05) is 36.9 Å². The van der Waals surface area contributed by atoms with E-state index in [4.69, 9.17) is 5.73 Å². The number of rotatable bonds is 7. The summed E-state index contributed by atoms with van der Waals surface area (Å²) in [7, 11) is 0. The van der Waals surface area contributed by atoms with E-state index in [0.29, 0.717) is 11.7 Å². The Kier molecular flexibility index (Phi) is 8.54. The molecule has 2 rings (SSSR count). The molecular formula is C17H23ClN4O2S. The first-order valence-corrected chi connectivity index (χ1v) is 8.66. The van der Waals surface area contributed by atoms with Gasteiger partial charge in [0.2, 0.25) is 11.8 Å². The number of benzene rings is 1. The Bertz CT molecular complexity index is 701. The maximum atomic E-state index is 11.7. The van der Waals surface area contributed by atoms with Crippen LogP contribution in [0.4, 0.5) is 5.13 Å². The minimum Gasteiger partial charge on any atom is -0.356 e. The summed E-state index contributed by atoms with van der Waals surface area (Å²) in [5.41, 5.74) is 8.57. The SMILES string of the molecule is CC(=O)NCCc1ccc(-c2csc(NC(=O)CC(C)N)n2)cc1.Cl. The molecule has 0 spiro atoms. The van der Waals surface area contributed by atoms with Crippen LogP contribution in [0.2, 0.25) is 0 Å². The van der Waals surface area contributed by atoms with Crippen LogP contribution >= 0.6 is 23.7 Å². The second-order valence-electron chi connectivity index (χ2n) is 5.70. The smallest absolute Gasteiger partial charge is 0.227 e. The highest BCUT2D eigenvalue weighted by atomic mass is 35.5. The lowest BCUT2D eigenvalue weighted by molar-refractivity contribution is -0.119. The molecule has 136 valence electrons. The molecular weight excluding hydrogens is 360 g/mol. The minimum absolute atomic E-state index is 0. The fourth-order valence-electron chi connectivity index (χ4n) is 2.15. The number of thiazole rings is 1. The number of nitrogens with zero attached hydrogens (tertiary/aromatic N) is 1. The van der Waals surface area contributed by atoms with Crippen molar-refractivity contribution in [2.45, 2.75) is 32.7 Å². The number of aromatic nitrogens is 1. The van der Waals surface area contributed by atoms with E-state index in [9.17, 15) is 9.59 Å². The average Bonchev–Trinajstić information content (AvgIpc) is 2.95. The molecule has 1 aromatic carbocycles. The first kappa shape index (κ1) is 21.1. The van der Waals surface area contributed by atoms with Crippen molar-refractivity contribution >= 4 is 40.7 Å². The summed E-state index contributed by atoms with van der Waals surface area (Å²) in [6.45, 7) is 3.93. The first-order chi connectivity index (χ1) is 11.4. The molecule has 0 saturated carbocycles. The van der Waals surface area contributed by atoms with Crippen LogP contribution in [0.5, 0.6) is 0 Å². The van der Waals surface area contributed by atoms with Gasteiger partial charge in [-0.15, -0.1) is 23.7 Å². The number of amides is 2. The van der Waals surface area contributed by atoms with Crippen molar-refractivity contribution < 1.29 is 9.59 Å². The zero-order valence-electron chi connectivity index (χ0n) is 14.2. The van der Waals surface area contributed by atoms with Gasteiger partial charge < -0.3 is 16.4 Å². The Morgan fingerprint density at radius 3 is 2.56 bits per heavy atom. The van der Waals surface area contributed by atoms with E-state index >= 15 is 0 Å². The van der Waals surface area contributed by atoms with Gasteiger partial charge in [0.15, 0.2) is 5.13 Å². The Morgan fingerprint density at radius 2 is 1.96 bits per heavy atom. The summed E-state index contributed by atoms with van der Waals surface area (Å²) in [6.07, 6.45) is 1.06. The third kappa shape index (κ3) is 7.21. The van der Waals surface area contributed by atoms with Crippen molar-refractivity contribution in [3.05, 3.63) is 35.2 Å². The molecule has 0 aliphatic heterocycles. The zero-order valence-corrected chi connectivity index (χ0v) is 15.9. The van der Waals surface area contributed by atoms with Crippen LogP contribution in [0, 0.1) is 0 Å². The van der Waals surface area contributed by atoms with Gasteiger partial charge in [0.1, 0.15) is 0 Å². The minimum atomic E-state index is -0.172. The number of halogens is 1. The van der Waals surface area contributed by atoms with E-state index in [-0.39, 0.29) is 36.7 Å². The summed E-state index contributed by atoms with van der Waals surface area (Å²) < 4.78 is 0.